The van der Waals surface area contributed by atoms with Gasteiger partial charge in [-0.05, 0) is 18.1 Å². The Bertz CT molecular complexity index is 495. The average molecular weight is 228 g/mol. The molecule has 3 heteroatoms. The molecule has 1 spiro atoms. The second-order valence-electron chi connectivity index (χ2n) is 4.77. The molecule has 0 aliphatic carbocycles. The van der Waals surface area contributed by atoms with Crippen molar-refractivity contribution < 1.29 is 4.79 Å². The first-order valence-corrected chi connectivity index (χ1v) is 5.99. The summed E-state index contributed by atoms with van der Waals surface area (Å²) in [7, 11) is 1.87. The molecule has 1 aromatic carbocycles. The van der Waals surface area contributed by atoms with E-state index >= 15 is 0 Å². The summed E-state index contributed by atoms with van der Waals surface area (Å²) in [6, 6.07) is 8.11. The molecule has 3 rings (SSSR count). The molecule has 88 valence electrons. The molecule has 2 aliphatic heterocycles. The topological polar surface area (TPSA) is 32.3 Å². The highest BCUT2D eigenvalue weighted by molar-refractivity contribution is 6.08. The van der Waals surface area contributed by atoms with Gasteiger partial charge >= 0.3 is 0 Å². The maximum absolute atomic E-state index is 12.5. The van der Waals surface area contributed by atoms with Crippen LogP contribution in [0.4, 0.5) is 5.69 Å². The Hall–Kier alpha value is -1.61. The number of benzene rings is 1. The molecule has 0 fully saturated rings. The van der Waals surface area contributed by atoms with Gasteiger partial charge in [-0.25, -0.2) is 0 Å². The lowest BCUT2D eigenvalue weighted by Crippen LogP contribution is -2.45. The van der Waals surface area contributed by atoms with Gasteiger partial charge in [0.15, 0.2) is 0 Å². The van der Waals surface area contributed by atoms with E-state index in [9.17, 15) is 4.79 Å². The van der Waals surface area contributed by atoms with Gasteiger partial charge in [-0.1, -0.05) is 30.4 Å². The van der Waals surface area contributed by atoms with Crippen LogP contribution in [0.25, 0.3) is 0 Å². The highest BCUT2D eigenvalue weighted by Crippen LogP contribution is 2.43. The van der Waals surface area contributed by atoms with E-state index in [-0.39, 0.29) is 5.91 Å². The molecule has 3 nitrogen and oxygen atoms in total. The normalized spacial score (nSPS) is 27.4. The highest BCUT2D eigenvalue weighted by Gasteiger charge is 2.48. The van der Waals surface area contributed by atoms with Gasteiger partial charge in [0.05, 0.1) is 5.41 Å². The number of rotatable bonds is 0. The molecule has 1 atom stereocenters. The molecule has 1 amide bonds. The minimum Gasteiger partial charge on any atom is -0.314 e. The largest absolute Gasteiger partial charge is 0.314 e. The quantitative estimate of drug-likeness (QED) is 0.682. The summed E-state index contributed by atoms with van der Waals surface area (Å²) >= 11 is 0. The lowest BCUT2D eigenvalue weighted by atomic mass is 9.79. The van der Waals surface area contributed by atoms with E-state index in [1.807, 2.05) is 25.2 Å². The zero-order chi connectivity index (χ0) is 11.9. The Morgan fingerprint density at radius 2 is 2.12 bits per heavy atom. The number of likely N-dealkylation sites (N-methyl/N-ethyl adjacent to an activating group) is 1. The average Bonchev–Trinajstić information content (AvgIpc) is 2.57. The van der Waals surface area contributed by atoms with Crippen LogP contribution in [0.15, 0.2) is 36.4 Å². The Kier molecular flexibility index (Phi) is 2.30. The van der Waals surface area contributed by atoms with Crippen LogP contribution in [-0.2, 0) is 10.2 Å². The first-order chi connectivity index (χ1) is 8.26. The number of carbonyl (C=O) groups is 1. The van der Waals surface area contributed by atoms with Crippen molar-refractivity contribution in [2.45, 2.75) is 11.8 Å². The Morgan fingerprint density at radius 1 is 1.29 bits per heavy atom. The smallest absolute Gasteiger partial charge is 0.239 e. The highest BCUT2D eigenvalue weighted by atomic mass is 16.2. The summed E-state index contributed by atoms with van der Waals surface area (Å²) in [6.07, 6.45) is 5.01. The van der Waals surface area contributed by atoms with Crippen molar-refractivity contribution in [3.05, 3.63) is 42.0 Å². The summed E-state index contributed by atoms with van der Waals surface area (Å²) in [5.74, 6) is 0.206. The molecule has 0 aromatic heterocycles. The molecule has 0 saturated heterocycles. The van der Waals surface area contributed by atoms with E-state index in [0.29, 0.717) is 0 Å². The minimum atomic E-state index is -0.391. The number of nitrogens with zero attached hydrogens (tertiary/aromatic N) is 1. The Morgan fingerprint density at radius 3 is 3.00 bits per heavy atom. The van der Waals surface area contributed by atoms with Gasteiger partial charge in [-0.15, -0.1) is 0 Å². The monoisotopic (exact) mass is 228 g/mol. The van der Waals surface area contributed by atoms with Crippen LogP contribution < -0.4 is 10.2 Å². The summed E-state index contributed by atoms with van der Waals surface area (Å²) in [5.41, 5.74) is 1.82. The predicted molar refractivity (Wildman–Crippen MR) is 68.2 cm³/mol. The van der Waals surface area contributed by atoms with Crippen molar-refractivity contribution >= 4 is 11.6 Å². The summed E-state index contributed by atoms with van der Waals surface area (Å²) in [5, 5.41) is 3.34. The van der Waals surface area contributed by atoms with Gasteiger partial charge in [-0.3, -0.25) is 4.79 Å². The van der Waals surface area contributed by atoms with Gasteiger partial charge in [0.25, 0.3) is 0 Å². The third-order valence-corrected chi connectivity index (χ3v) is 3.82. The molecule has 0 radical (unpaired) electrons. The standard InChI is InChI=1S/C14H16N2O/c1-16-12-7-3-2-6-11(12)14(13(16)17)8-4-5-9-15-10-14/h2-7,15H,8-10H2,1H3. The van der Waals surface area contributed by atoms with E-state index in [0.717, 1.165) is 30.8 Å². The minimum absolute atomic E-state index is 0.206. The van der Waals surface area contributed by atoms with Gasteiger partial charge in [-0.2, -0.15) is 0 Å². The van der Waals surface area contributed by atoms with Crippen molar-refractivity contribution in [1.82, 2.24) is 5.32 Å². The maximum atomic E-state index is 12.5. The number of hydrogen-bond acceptors (Lipinski definition) is 2. The summed E-state index contributed by atoms with van der Waals surface area (Å²) in [4.78, 5) is 14.3. The second-order valence-corrected chi connectivity index (χ2v) is 4.77. The van der Waals surface area contributed by atoms with Gasteiger partial charge in [0.2, 0.25) is 5.91 Å². The molecule has 2 heterocycles. The maximum Gasteiger partial charge on any atom is 0.239 e. The number of nitrogens with one attached hydrogen (secondary N) is 1. The van der Waals surface area contributed by atoms with E-state index in [2.05, 4.69) is 23.5 Å². The predicted octanol–water partition coefficient (Wildman–Crippen LogP) is 1.45. The fourth-order valence-corrected chi connectivity index (χ4v) is 2.89. The summed E-state index contributed by atoms with van der Waals surface area (Å²) in [6.45, 7) is 1.57. The number of hydrogen-bond donors (Lipinski definition) is 1. The third-order valence-electron chi connectivity index (χ3n) is 3.82. The molecule has 0 saturated carbocycles. The second kappa shape index (κ2) is 3.70. The number of fused-ring (bicyclic) bond motifs is 2. The van der Waals surface area contributed by atoms with Crippen molar-refractivity contribution in [2.24, 2.45) is 0 Å². The molecular weight excluding hydrogens is 212 g/mol. The van der Waals surface area contributed by atoms with Gasteiger partial charge in [0.1, 0.15) is 0 Å². The number of amides is 1. The van der Waals surface area contributed by atoms with Crippen LogP contribution in [0.3, 0.4) is 0 Å². The Balaban J connectivity index is 2.16. The molecule has 17 heavy (non-hydrogen) atoms. The third kappa shape index (κ3) is 1.35. The zero-order valence-electron chi connectivity index (χ0n) is 9.94. The zero-order valence-corrected chi connectivity index (χ0v) is 9.94. The number of allylic oxidation sites excluding steroid dienone is 1. The fourth-order valence-electron chi connectivity index (χ4n) is 2.89. The van der Waals surface area contributed by atoms with E-state index in [4.69, 9.17) is 0 Å². The first-order valence-electron chi connectivity index (χ1n) is 5.99. The van der Waals surface area contributed by atoms with Gasteiger partial charge in [0, 0.05) is 25.8 Å². The van der Waals surface area contributed by atoms with Crippen LogP contribution >= 0.6 is 0 Å². The van der Waals surface area contributed by atoms with E-state index < -0.39 is 5.41 Å². The number of carbonyl (C=O) groups excluding carboxylic acids is 1. The van der Waals surface area contributed by atoms with Crippen LogP contribution in [0.1, 0.15) is 12.0 Å². The Labute approximate surface area is 101 Å². The van der Waals surface area contributed by atoms with Crippen LogP contribution in [0, 0.1) is 0 Å². The van der Waals surface area contributed by atoms with Crippen LogP contribution in [-0.4, -0.2) is 26.0 Å². The first kappa shape index (κ1) is 10.5. The molecule has 1 N–H and O–H groups in total. The molecule has 2 aliphatic rings. The van der Waals surface area contributed by atoms with Crippen molar-refractivity contribution in [1.29, 1.82) is 0 Å². The van der Waals surface area contributed by atoms with Crippen LogP contribution in [0.2, 0.25) is 0 Å². The summed E-state index contributed by atoms with van der Waals surface area (Å²) < 4.78 is 0. The fraction of sp³-hybridized carbons (Fsp3) is 0.357. The molecule has 1 unspecified atom stereocenters. The van der Waals surface area contributed by atoms with Crippen molar-refractivity contribution in [3.63, 3.8) is 0 Å². The van der Waals surface area contributed by atoms with Crippen molar-refractivity contribution in [2.75, 3.05) is 25.0 Å². The van der Waals surface area contributed by atoms with Crippen molar-refractivity contribution in [3.8, 4) is 0 Å². The van der Waals surface area contributed by atoms with Gasteiger partial charge < -0.3 is 10.2 Å². The van der Waals surface area contributed by atoms with Crippen LogP contribution in [0.5, 0.6) is 0 Å². The lowest BCUT2D eigenvalue weighted by Gasteiger charge is -2.26. The molecule has 1 aromatic rings. The number of para-hydroxylation sites is 1. The number of anilines is 1. The van der Waals surface area contributed by atoms with E-state index in [1.165, 1.54) is 0 Å². The SMILES string of the molecule is CN1C(=O)C2(CC=CCNC2)c2ccccc21. The van der Waals surface area contributed by atoms with E-state index in [1.54, 1.807) is 4.90 Å². The molecule has 0 bridgehead atoms. The lowest BCUT2D eigenvalue weighted by molar-refractivity contribution is -0.122. The molecular formula is C14H16N2O.